The van der Waals surface area contributed by atoms with Gasteiger partial charge in [-0.25, -0.2) is 4.98 Å². The molecule has 3 N–H and O–H groups in total. The Balaban J connectivity index is 1.49. The summed E-state index contributed by atoms with van der Waals surface area (Å²) in [6, 6.07) is 11.0. The number of benzene rings is 1. The van der Waals surface area contributed by atoms with Gasteiger partial charge in [0.1, 0.15) is 24.2 Å². The van der Waals surface area contributed by atoms with Gasteiger partial charge >= 0.3 is 0 Å². The molecule has 1 aromatic heterocycles. The highest BCUT2D eigenvalue weighted by molar-refractivity contribution is 5.84. The predicted molar refractivity (Wildman–Crippen MR) is 129 cm³/mol. The topological polar surface area (TPSA) is 88.2 Å². The molecule has 1 atom stereocenters. The maximum atomic E-state index is 12.8. The van der Waals surface area contributed by atoms with Gasteiger partial charge in [0.2, 0.25) is 11.9 Å². The summed E-state index contributed by atoms with van der Waals surface area (Å²) in [7, 11) is 0. The van der Waals surface area contributed by atoms with E-state index in [0.29, 0.717) is 43.2 Å². The summed E-state index contributed by atoms with van der Waals surface area (Å²) in [6.07, 6.45) is 8.97. The van der Waals surface area contributed by atoms with Gasteiger partial charge in [0.15, 0.2) is 0 Å². The monoisotopic (exact) mass is 439 g/mol. The number of nitrogens with one attached hydrogen (secondary N) is 3. The molecule has 1 fully saturated rings. The molecule has 3 rings (SSSR count). The first kappa shape index (κ1) is 23.8. The molecule has 7 heteroatoms. The Morgan fingerprint density at radius 3 is 2.66 bits per heavy atom. The van der Waals surface area contributed by atoms with E-state index in [1.165, 1.54) is 32.1 Å². The second-order valence-electron chi connectivity index (χ2n) is 8.93. The highest BCUT2D eigenvalue weighted by Gasteiger charge is 2.20. The molecule has 0 unspecified atom stereocenters. The Morgan fingerprint density at radius 1 is 1.12 bits per heavy atom. The zero-order chi connectivity index (χ0) is 22.6. The van der Waals surface area contributed by atoms with Crippen molar-refractivity contribution in [3.8, 4) is 5.75 Å². The van der Waals surface area contributed by atoms with Gasteiger partial charge in [0, 0.05) is 12.7 Å². The fraction of sp³-hybridized carbons (Fsp3) is 0.560. The molecule has 0 saturated heterocycles. The summed E-state index contributed by atoms with van der Waals surface area (Å²) < 4.78 is 5.66. The Hall–Kier alpha value is -2.83. The number of para-hydroxylation sites is 1. The molecule has 0 radical (unpaired) electrons. The number of hydrogen-bond donors (Lipinski definition) is 3. The number of carbonyl (C=O) groups excluding carboxylic acids is 1. The average Bonchev–Trinajstić information content (AvgIpc) is 2.81. The molecule has 174 valence electrons. The van der Waals surface area contributed by atoms with E-state index < -0.39 is 0 Å². The van der Waals surface area contributed by atoms with Crippen LogP contribution in [0.5, 0.6) is 5.75 Å². The molecule has 1 heterocycles. The Morgan fingerprint density at radius 2 is 1.91 bits per heavy atom. The summed E-state index contributed by atoms with van der Waals surface area (Å²) in [5.41, 5.74) is 0. The lowest BCUT2D eigenvalue weighted by Crippen LogP contribution is -2.42. The van der Waals surface area contributed by atoms with Gasteiger partial charge in [0.05, 0.1) is 6.54 Å². The summed E-state index contributed by atoms with van der Waals surface area (Å²) in [5.74, 6) is 3.08. The molecular weight excluding hydrogens is 402 g/mol. The van der Waals surface area contributed by atoms with Crippen LogP contribution in [0, 0.1) is 11.8 Å². The van der Waals surface area contributed by atoms with E-state index in [0.717, 1.165) is 12.3 Å². The molecule has 1 aromatic carbocycles. The lowest BCUT2D eigenvalue weighted by molar-refractivity contribution is -0.122. The number of carbonyl (C=O) groups is 1. The minimum absolute atomic E-state index is 0.0503. The summed E-state index contributed by atoms with van der Waals surface area (Å²) >= 11 is 0. The Kier molecular flexibility index (Phi) is 9.60. The standard InChI is InChI=1S/C25H37N5O2/c1-19(2)17-22(24(31)26-15-16-32-21-11-7-4-8-12-21)29-23-13-14-27-25(30-23)28-18-20-9-5-3-6-10-20/h4,7-8,11-14,19-20,22H,3,5-6,9-10,15-18H2,1-2H3,(H,26,31)(H2,27,28,29,30)/t22-/m0/s1. The summed E-state index contributed by atoms with van der Waals surface area (Å²) in [6.45, 7) is 5.99. The van der Waals surface area contributed by atoms with Crippen molar-refractivity contribution in [2.24, 2.45) is 11.8 Å². The normalized spacial score (nSPS) is 15.2. The van der Waals surface area contributed by atoms with Crippen LogP contribution in [0.4, 0.5) is 11.8 Å². The van der Waals surface area contributed by atoms with E-state index >= 15 is 0 Å². The number of rotatable bonds is 12. The zero-order valence-electron chi connectivity index (χ0n) is 19.3. The third-order valence-electron chi connectivity index (χ3n) is 5.69. The summed E-state index contributed by atoms with van der Waals surface area (Å²) in [4.78, 5) is 21.8. The van der Waals surface area contributed by atoms with Crippen LogP contribution in [0.25, 0.3) is 0 Å². The van der Waals surface area contributed by atoms with E-state index in [-0.39, 0.29) is 11.9 Å². The van der Waals surface area contributed by atoms with Gasteiger partial charge < -0.3 is 20.7 Å². The molecule has 1 saturated carbocycles. The van der Waals surface area contributed by atoms with E-state index in [1.807, 2.05) is 36.4 Å². The van der Waals surface area contributed by atoms with Gasteiger partial charge in [0.25, 0.3) is 0 Å². The van der Waals surface area contributed by atoms with Crippen molar-refractivity contribution in [2.75, 3.05) is 30.3 Å². The van der Waals surface area contributed by atoms with Crippen molar-refractivity contribution in [3.63, 3.8) is 0 Å². The van der Waals surface area contributed by atoms with Gasteiger partial charge in [-0.15, -0.1) is 0 Å². The number of hydrogen-bond acceptors (Lipinski definition) is 6. The number of nitrogens with zero attached hydrogens (tertiary/aromatic N) is 2. The number of aromatic nitrogens is 2. The van der Waals surface area contributed by atoms with Gasteiger partial charge in [-0.2, -0.15) is 4.98 Å². The second kappa shape index (κ2) is 12.9. The first-order valence-corrected chi connectivity index (χ1v) is 11.9. The molecule has 1 aliphatic carbocycles. The van der Waals surface area contributed by atoms with Gasteiger partial charge in [-0.1, -0.05) is 51.3 Å². The van der Waals surface area contributed by atoms with E-state index in [9.17, 15) is 4.79 Å². The SMILES string of the molecule is CC(C)C[C@H](Nc1ccnc(NCC2CCCCC2)n1)C(=O)NCCOc1ccccc1. The third kappa shape index (κ3) is 8.36. The van der Waals surface area contributed by atoms with Crippen molar-refractivity contribution in [1.29, 1.82) is 0 Å². The zero-order valence-corrected chi connectivity index (χ0v) is 19.3. The smallest absolute Gasteiger partial charge is 0.242 e. The minimum atomic E-state index is -0.368. The molecule has 0 spiro atoms. The molecule has 1 aliphatic rings. The van der Waals surface area contributed by atoms with E-state index in [2.05, 4.69) is 39.8 Å². The molecule has 7 nitrogen and oxygen atoms in total. The van der Waals surface area contributed by atoms with Crippen LogP contribution in [-0.4, -0.2) is 41.6 Å². The summed E-state index contributed by atoms with van der Waals surface area (Å²) in [5, 5.41) is 9.66. The maximum absolute atomic E-state index is 12.8. The third-order valence-corrected chi connectivity index (χ3v) is 5.69. The van der Waals surface area contributed by atoms with E-state index in [1.54, 1.807) is 6.20 Å². The quantitative estimate of drug-likeness (QED) is 0.422. The highest BCUT2D eigenvalue weighted by Crippen LogP contribution is 2.23. The fourth-order valence-electron chi connectivity index (χ4n) is 4.02. The van der Waals surface area contributed by atoms with Crippen LogP contribution < -0.4 is 20.7 Å². The Bertz CT molecular complexity index is 809. The molecule has 1 amide bonds. The van der Waals surface area contributed by atoms with Crippen molar-refractivity contribution in [3.05, 3.63) is 42.6 Å². The fourth-order valence-corrected chi connectivity index (χ4v) is 4.02. The average molecular weight is 440 g/mol. The molecule has 32 heavy (non-hydrogen) atoms. The minimum Gasteiger partial charge on any atom is -0.492 e. The predicted octanol–water partition coefficient (Wildman–Crippen LogP) is 4.49. The van der Waals surface area contributed by atoms with E-state index in [4.69, 9.17) is 4.74 Å². The largest absolute Gasteiger partial charge is 0.492 e. The molecular formula is C25H37N5O2. The number of anilines is 2. The Labute approximate surface area is 191 Å². The number of amides is 1. The van der Waals surface area contributed by atoms with Crippen LogP contribution in [0.1, 0.15) is 52.4 Å². The van der Waals surface area contributed by atoms with Gasteiger partial charge in [-0.3, -0.25) is 4.79 Å². The van der Waals surface area contributed by atoms with Gasteiger partial charge in [-0.05, 0) is 49.3 Å². The van der Waals surface area contributed by atoms with Crippen LogP contribution in [0.3, 0.4) is 0 Å². The van der Waals surface area contributed by atoms with Crippen molar-refractivity contribution in [2.45, 2.75) is 58.4 Å². The lowest BCUT2D eigenvalue weighted by atomic mass is 9.89. The number of ether oxygens (including phenoxy) is 1. The van der Waals surface area contributed by atoms with Crippen molar-refractivity contribution < 1.29 is 9.53 Å². The van der Waals surface area contributed by atoms with Crippen molar-refractivity contribution in [1.82, 2.24) is 15.3 Å². The molecule has 0 bridgehead atoms. The van der Waals surface area contributed by atoms with Crippen molar-refractivity contribution >= 4 is 17.7 Å². The van der Waals surface area contributed by atoms with Crippen LogP contribution in [-0.2, 0) is 4.79 Å². The van der Waals surface area contributed by atoms with Crippen LogP contribution in [0.15, 0.2) is 42.6 Å². The first-order valence-electron chi connectivity index (χ1n) is 11.9. The first-order chi connectivity index (χ1) is 15.6. The highest BCUT2D eigenvalue weighted by atomic mass is 16.5. The molecule has 0 aliphatic heterocycles. The second-order valence-corrected chi connectivity index (χ2v) is 8.93. The van der Waals surface area contributed by atoms with Crippen LogP contribution >= 0.6 is 0 Å². The lowest BCUT2D eigenvalue weighted by Gasteiger charge is -2.22. The molecule has 2 aromatic rings. The maximum Gasteiger partial charge on any atom is 0.242 e. The van der Waals surface area contributed by atoms with Crippen LogP contribution in [0.2, 0.25) is 0 Å².